The molecule has 0 aliphatic heterocycles. The molecule has 1 heteroatoms. The zero-order valence-corrected chi connectivity index (χ0v) is 6.86. The van der Waals surface area contributed by atoms with Gasteiger partial charge in [0.2, 0.25) is 0 Å². The van der Waals surface area contributed by atoms with Crippen LogP contribution in [0.3, 0.4) is 0 Å². The predicted octanol–water partition coefficient (Wildman–Crippen LogP) is 1.45. The zero-order chi connectivity index (χ0) is 4.28. The Labute approximate surface area is 61.9 Å². The van der Waals surface area contributed by atoms with Crippen LogP contribution in [-0.4, -0.2) is 29.6 Å². The van der Waals surface area contributed by atoms with E-state index in [2.05, 4.69) is 20.4 Å². The van der Waals surface area contributed by atoms with Crippen LogP contribution < -0.4 is 0 Å². The molecule has 0 aliphatic rings. The number of hydrogen-bond acceptors (Lipinski definition) is 0. The van der Waals surface area contributed by atoms with Crippen molar-refractivity contribution in [1.82, 2.24) is 0 Å². The van der Waals surface area contributed by atoms with Gasteiger partial charge >= 0.3 is 0 Å². The third-order valence-electron chi connectivity index (χ3n) is 0.471. The maximum absolute atomic E-state index is 3.56. The first-order chi connectivity index (χ1) is 2.27. The van der Waals surface area contributed by atoms with Gasteiger partial charge in [-0.2, -0.15) is 0 Å². The summed E-state index contributed by atoms with van der Waals surface area (Å²) in [6, 6.07) is 0. The molecular formula is C5H10Na. The maximum atomic E-state index is 3.56. The van der Waals surface area contributed by atoms with Gasteiger partial charge in [-0.3, -0.25) is 0 Å². The molecule has 0 aromatic carbocycles. The molecule has 0 saturated carbocycles. The van der Waals surface area contributed by atoms with E-state index in [9.17, 15) is 0 Å². The van der Waals surface area contributed by atoms with Crippen LogP contribution in [0.2, 0.25) is 0 Å². The topological polar surface area (TPSA) is 0 Å². The van der Waals surface area contributed by atoms with Crippen LogP contribution in [0.15, 0.2) is 12.7 Å². The molecule has 0 unspecified atom stereocenters. The van der Waals surface area contributed by atoms with Gasteiger partial charge in [-0.05, 0) is 5.92 Å². The van der Waals surface area contributed by atoms with E-state index in [4.69, 9.17) is 0 Å². The van der Waals surface area contributed by atoms with Crippen molar-refractivity contribution >= 4 is 29.6 Å². The first-order valence-electron chi connectivity index (χ1n) is 1.90. The van der Waals surface area contributed by atoms with Gasteiger partial charge < -0.3 is 0 Å². The fraction of sp³-hybridized carbons (Fsp3) is 0.600. The Hall–Kier alpha value is 0.740. The summed E-state index contributed by atoms with van der Waals surface area (Å²) in [4.78, 5) is 0. The molecule has 0 nitrogen and oxygen atoms in total. The van der Waals surface area contributed by atoms with E-state index < -0.39 is 0 Å². The molecule has 1 radical (unpaired) electrons. The molecule has 0 N–H and O–H groups in total. The van der Waals surface area contributed by atoms with Crippen LogP contribution >= 0.6 is 0 Å². The Morgan fingerprint density at radius 2 is 1.67 bits per heavy atom. The van der Waals surface area contributed by atoms with Crippen molar-refractivity contribution in [3.8, 4) is 0 Å². The molecule has 0 aromatic rings. The molecule has 0 amide bonds. The van der Waals surface area contributed by atoms with E-state index >= 15 is 0 Å². The van der Waals surface area contributed by atoms with Gasteiger partial charge in [-0.15, -0.1) is 6.58 Å². The summed E-state index contributed by atoms with van der Waals surface area (Å²) in [5.74, 6) is 0.648. The molecule has 0 fully saturated rings. The normalized spacial score (nSPS) is 7.17. The molecule has 6 heavy (non-hydrogen) atoms. The van der Waals surface area contributed by atoms with E-state index in [0.29, 0.717) is 5.92 Å². The van der Waals surface area contributed by atoms with Crippen LogP contribution in [0.25, 0.3) is 0 Å². The van der Waals surface area contributed by atoms with E-state index in [0.717, 1.165) is 0 Å². The first kappa shape index (κ1) is 9.88. The Kier molecular flexibility index (Phi) is 9.46. The summed E-state index contributed by atoms with van der Waals surface area (Å²) in [6.07, 6.45) is 1.92. The van der Waals surface area contributed by atoms with Crippen LogP contribution in [-0.2, 0) is 0 Å². The molecule has 0 atom stereocenters. The fourth-order valence-electron chi connectivity index (χ4n) is 0. The molecule has 0 bridgehead atoms. The zero-order valence-electron chi connectivity index (χ0n) is 4.86. The Morgan fingerprint density at radius 3 is 1.67 bits per heavy atom. The van der Waals surface area contributed by atoms with Gasteiger partial charge in [-0.1, -0.05) is 19.9 Å². The second-order valence-corrected chi connectivity index (χ2v) is 1.48. The van der Waals surface area contributed by atoms with Gasteiger partial charge in [-0.25, -0.2) is 0 Å². The SMILES string of the molecule is C=CC(C)C.[Na]. The molecule has 0 aliphatic carbocycles. The molecular weight excluding hydrogens is 83.0 g/mol. The van der Waals surface area contributed by atoms with E-state index in [1.807, 2.05) is 6.08 Å². The van der Waals surface area contributed by atoms with Crippen LogP contribution in [0.4, 0.5) is 0 Å². The summed E-state index contributed by atoms with van der Waals surface area (Å²) < 4.78 is 0. The summed E-state index contributed by atoms with van der Waals surface area (Å²) in [5, 5.41) is 0. The largest absolute Gasteiger partial charge is 0.103 e. The average molecular weight is 93.1 g/mol. The Morgan fingerprint density at radius 1 is 1.50 bits per heavy atom. The first-order valence-corrected chi connectivity index (χ1v) is 1.90. The van der Waals surface area contributed by atoms with E-state index in [-0.39, 0.29) is 29.6 Å². The predicted molar refractivity (Wildman–Crippen MR) is 30.8 cm³/mol. The fourth-order valence-corrected chi connectivity index (χ4v) is 0. The number of hydrogen-bond donors (Lipinski definition) is 0. The minimum Gasteiger partial charge on any atom is -0.103 e. The van der Waals surface area contributed by atoms with Crippen molar-refractivity contribution in [3.05, 3.63) is 12.7 Å². The smallest absolute Gasteiger partial charge is 0 e. The second-order valence-electron chi connectivity index (χ2n) is 1.48. The molecule has 0 aromatic heterocycles. The van der Waals surface area contributed by atoms with E-state index in [1.54, 1.807) is 0 Å². The Bertz CT molecular complexity index is 30.9. The van der Waals surface area contributed by atoms with E-state index in [1.165, 1.54) is 0 Å². The maximum Gasteiger partial charge on any atom is 0 e. The number of rotatable bonds is 1. The van der Waals surface area contributed by atoms with Crippen molar-refractivity contribution in [2.45, 2.75) is 13.8 Å². The van der Waals surface area contributed by atoms with Crippen molar-refractivity contribution in [1.29, 1.82) is 0 Å². The minimum atomic E-state index is 0. The van der Waals surface area contributed by atoms with Gasteiger partial charge in [0.05, 0.1) is 0 Å². The number of allylic oxidation sites excluding steroid dienone is 1. The average Bonchev–Trinajstić information content (AvgIpc) is 1.38. The van der Waals surface area contributed by atoms with Gasteiger partial charge in [0.1, 0.15) is 0 Å². The second kappa shape index (κ2) is 5.74. The Balaban J connectivity index is 0. The van der Waals surface area contributed by atoms with Gasteiger partial charge in [0, 0.05) is 29.6 Å². The van der Waals surface area contributed by atoms with Crippen LogP contribution in [0.1, 0.15) is 13.8 Å². The quantitative estimate of drug-likeness (QED) is 0.340. The van der Waals surface area contributed by atoms with Crippen molar-refractivity contribution in [3.63, 3.8) is 0 Å². The summed E-state index contributed by atoms with van der Waals surface area (Å²) in [7, 11) is 0. The van der Waals surface area contributed by atoms with Gasteiger partial charge in [0.25, 0.3) is 0 Å². The summed E-state index contributed by atoms with van der Waals surface area (Å²) in [6.45, 7) is 7.77. The molecule has 0 rings (SSSR count). The third kappa shape index (κ3) is 8.83. The summed E-state index contributed by atoms with van der Waals surface area (Å²) >= 11 is 0. The van der Waals surface area contributed by atoms with Crippen molar-refractivity contribution < 1.29 is 0 Å². The van der Waals surface area contributed by atoms with Crippen molar-refractivity contribution in [2.75, 3.05) is 0 Å². The van der Waals surface area contributed by atoms with Gasteiger partial charge in [0.15, 0.2) is 0 Å². The van der Waals surface area contributed by atoms with Crippen LogP contribution in [0, 0.1) is 5.92 Å². The molecule has 0 heterocycles. The van der Waals surface area contributed by atoms with Crippen LogP contribution in [0.5, 0.6) is 0 Å². The molecule has 0 saturated heterocycles. The monoisotopic (exact) mass is 93.1 g/mol. The van der Waals surface area contributed by atoms with Crippen molar-refractivity contribution in [2.24, 2.45) is 5.92 Å². The summed E-state index contributed by atoms with van der Waals surface area (Å²) in [5.41, 5.74) is 0. The molecule has 31 valence electrons. The molecule has 0 spiro atoms. The third-order valence-corrected chi connectivity index (χ3v) is 0.471. The standard InChI is InChI=1S/C5H10.Na/c1-4-5(2)3;/h4-5H,1H2,2-3H3;. The minimum absolute atomic E-state index is 0.